The van der Waals surface area contributed by atoms with Gasteiger partial charge in [-0.05, 0) is 37.1 Å². The Morgan fingerprint density at radius 1 is 1.20 bits per heavy atom. The molecule has 4 aromatic rings. The summed E-state index contributed by atoms with van der Waals surface area (Å²) in [5, 5.41) is 10.7. The van der Waals surface area contributed by atoms with Crippen molar-refractivity contribution in [3.8, 4) is 6.07 Å². The summed E-state index contributed by atoms with van der Waals surface area (Å²) in [6, 6.07) is 15.7. The predicted octanol–water partition coefficient (Wildman–Crippen LogP) is 4.70. The Morgan fingerprint density at radius 2 is 1.97 bits per heavy atom. The lowest BCUT2D eigenvalue weighted by Crippen LogP contribution is -2.35. The van der Waals surface area contributed by atoms with E-state index in [1.54, 1.807) is 11.6 Å². The molecule has 5 rings (SSSR count). The first-order chi connectivity index (χ1) is 14.6. The molecular formula is C23H19BrN4O2. The Labute approximate surface area is 181 Å². The van der Waals surface area contributed by atoms with Crippen LogP contribution in [0.2, 0.25) is 0 Å². The number of aryl methyl sites for hydroxylation is 1. The summed E-state index contributed by atoms with van der Waals surface area (Å²) in [6.45, 7) is 1.47. The van der Waals surface area contributed by atoms with Gasteiger partial charge in [0.25, 0.3) is 5.56 Å². The summed E-state index contributed by atoms with van der Waals surface area (Å²) in [4.78, 5) is 19.6. The van der Waals surface area contributed by atoms with Crippen molar-refractivity contribution in [1.29, 1.82) is 5.26 Å². The molecule has 7 heteroatoms. The number of halogens is 1. The van der Waals surface area contributed by atoms with Crippen LogP contribution in [0.25, 0.3) is 22.0 Å². The molecule has 3 heterocycles. The van der Waals surface area contributed by atoms with Crippen LogP contribution in [-0.2, 0) is 7.05 Å². The van der Waals surface area contributed by atoms with Crippen LogP contribution in [0.1, 0.15) is 30.2 Å². The van der Waals surface area contributed by atoms with Crippen molar-refractivity contribution < 1.29 is 4.42 Å². The molecule has 0 aliphatic carbocycles. The van der Waals surface area contributed by atoms with Crippen LogP contribution in [0.15, 0.2) is 56.1 Å². The molecule has 1 fully saturated rings. The van der Waals surface area contributed by atoms with Gasteiger partial charge in [-0.25, -0.2) is 4.98 Å². The van der Waals surface area contributed by atoms with E-state index in [9.17, 15) is 10.1 Å². The fraction of sp³-hybridized carbons (Fsp3) is 0.261. The number of nitriles is 1. The average Bonchev–Trinajstić information content (AvgIpc) is 3.19. The molecule has 0 N–H and O–H groups in total. The lowest BCUT2D eigenvalue weighted by Gasteiger charge is -2.33. The quantitative estimate of drug-likeness (QED) is 0.431. The highest BCUT2D eigenvalue weighted by Gasteiger charge is 2.28. The van der Waals surface area contributed by atoms with Crippen LogP contribution >= 0.6 is 15.9 Å². The van der Waals surface area contributed by atoms with Gasteiger partial charge < -0.3 is 13.9 Å². The summed E-state index contributed by atoms with van der Waals surface area (Å²) in [6.07, 6.45) is 1.70. The molecule has 2 aromatic carbocycles. The van der Waals surface area contributed by atoms with Crippen LogP contribution in [-0.4, -0.2) is 22.6 Å². The zero-order valence-corrected chi connectivity index (χ0v) is 18.0. The van der Waals surface area contributed by atoms with E-state index in [1.807, 2.05) is 42.5 Å². The number of nitrogens with zero attached hydrogens (tertiary/aromatic N) is 4. The number of oxazole rings is 1. The lowest BCUT2D eigenvalue weighted by atomic mass is 9.95. The summed E-state index contributed by atoms with van der Waals surface area (Å²) >= 11 is 3.47. The number of aromatic nitrogens is 2. The highest BCUT2D eigenvalue weighted by Crippen LogP contribution is 2.35. The van der Waals surface area contributed by atoms with Gasteiger partial charge in [0, 0.05) is 35.9 Å². The molecule has 0 amide bonds. The number of anilines is 1. The maximum Gasteiger partial charge on any atom is 0.270 e. The number of hydrogen-bond donors (Lipinski definition) is 0. The van der Waals surface area contributed by atoms with E-state index in [0.717, 1.165) is 64.0 Å². The Bertz CT molecular complexity index is 1370. The van der Waals surface area contributed by atoms with E-state index < -0.39 is 0 Å². The number of pyridine rings is 1. The monoisotopic (exact) mass is 462 g/mol. The lowest BCUT2D eigenvalue weighted by molar-refractivity contribution is 0.407. The predicted molar refractivity (Wildman–Crippen MR) is 120 cm³/mol. The van der Waals surface area contributed by atoms with Gasteiger partial charge >= 0.3 is 0 Å². The van der Waals surface area contributed by atoms with Crippen LogP contribution < -0.4 is 10.5 Å². The SMILES string of the molecule is Cn1c(=O)c(C#N)c(N2CCC(c3nc4cc(Br)ccc4o3)CC2)c2ccccc21. The summed E-state index contributed by atoms with van der Waals surface area (Å²) in [5.41, 5.74) is 3.18. The third-order valence-electron chi connectivity index (χ3n) is 5.91. The van der Waals surface area contributed by atoms with Crippen LogP contribution in [0.4, 0.5) is 5.69 Å². The maximum absolute atomic E-state index is 12.8. The fourth-order valence-electron chi connectivity index (χ4n) is 4.35. The van der Waals surface area contributed by atoms with Crippen molar-refractivity contribution in [3.63, 3.8) is 0 Å². The highest BCUT2D eigenvalue weighted by molar-refractivity contribution is 9.10. The number of para-hydroxylation sites is 1. The van der Waals surface area contributed by atoms with Gasteiger partial charge in [0.2, 0.25) is 0 Å². The molecule has 0 atom stereocenters. The van der Waals surface area contributed by atoms with Crippen molar-refractivity contribution in [2.24, 2.45) is 7.05 Å². The normalized spacial score (nSPS) is 15.0. The number of fused-ring (bicyclic) bond motifs is 2. The standard InChI is InChI=1S/C23H19BrN4O2/c1-27-19-5-3-2-4-16(19)21(17(13-25)23(27)29)28-10-8-14(9-11-28)22-26-18-12-15(24)6-7-20(18)30-22/h2-7,12,14H,8-11H2,1H3. The second-order valence-corrected chi connectivity index (χ2v) is 8.56. The zero-order valence-electron chi connectivity index (χ0n) is 16.4. The van der Waals surface area contributed by atoms with E-state index in [2.05, 4.69) is 31.9 Å². The Morgan fingerprint density at radius 3 is 2.73 bits per heavy atom. The van der Waals surface area contributed by atoms with E-state index in [-0.39, 0.29) is 17.0 Å². The minimum absolute atomic E-state index is 0.210. The first-order valence-corrected chi connectivity index (χ1v) is 10.7. The molecule has 0 saturated carbocycles. The Hall–Kier alpha value is -3.11. The molecule has 1 saturated heterocycles. The smallest absolute Gasteiger partial charge is 0.270 e. The summed E-state index contributed by atoms with van der Waals surface area (Å²) in [5.74, 6) is 0.980. The molecule has 0 unspecified atom stereocenters. The molecule has 30 heavy (non-hydrogen) atoms. The van der Waals surface area contributed by atoms with E-state index >= 15 is 0 Å². The van der Waals surface area contributed by atoms with Gasteiger partial charge in [-0.1, -0.05) is 34.1 Å². The molecule has 6 nitrogen and oxygen atoms in total. The fourth-order valence-corrected chi connectivity index (χ4v) is 4.70. The number of piperidine rings is 1. The van der Waals surface area contributed by atoms with Crippen molar-refractivity contribution in [2.75, 3.05) is 18.0 Å². The third-order valence-corrected chi connectivity index (χ3v) is 6.41. The summed E-state index contributed by atoms with van der Waals surface area (Å²) in [7, 11) is 1.72. The van der Waals surface area contributed by atoms with Crippen molar-refractivity contribution in [1.82, 2.24) is 9.55 Å². The number of benzene rings is 2. The minimum atomic E-state index is -0.252. The second kappa shape index (κ2) is 7.29. The van der Waals surface area contributed by atoms with Gasteiger partial charge in [-0.15, -0.1) is 0 Å². The average molecular weight is 463 g/mol. The first kappa shape index (κ1) is 18.9. The van der Waals surface area contributed by atoms with E-state index in [1.165, 1.54) is 0 Å². The molecule has 150 valence electrons. The van der Waals surface area contributed by atoms with Crippen molar-refractivity contribution >= 4 is 43.6 Å². The molecule has 2 aromatic heterocycles. The van der Waals surface area contributed by atoms with Crippen LogP contribution in [0.5, 0.6) is 0 Å². The summed E-state index contributed by atoms with van der Waals surface area (Å²) < 4.78 is 8.53. The molecule has 0 radical (unpaired) electrons. The number of rotatable bonds is 2. The Balaban J connectivity index is 1.48. The van der Waals surface area contributed by atoms with Crippen LogP contribution in [0, 0.1) is 11.3 Å². The molecule has 1 aliphatic heterocycles. The maximum atomic E-state index is 12.8. The molecule has 1 aliphatic rings. The number of hydrogen-bond acceptors (Lipinski definition) is 5. The van der Waals surface area contributed by atoms with Crippen molar-refractivity contribution in [3.05, 3.63) is 68.7 Å². The van der Waals surface area contributed by atoms with Gasteiger partial charge in [0.05, 0.1) is 11.2 Å². The molecule has 0 bridgehead atoms. The van der Waals surface area contributed by atoms with Crippen LogP contribution in [0.3, 0.4) is 0 Å². The topological polar surface area (TPSA) is 75.1 Å². The van der Waals surface area contributed by atoms with Gasteiger partial charge in [-0.2, -0.15) is 5.26 Å². The Kier molecular flexibility index (Phi) is 4.59. The van der Waals surface area contributed by atoms with Gasteiger partial charge in [0.1, 0.15) is 17.1 Å². The molecule has 0 spiro atoms. The third kappa shape index (κ3) is 2.99. The van der Waals surface area contributed by atoms with Crippen molar-refractivity contribution in [2.45, 2.75) is 18.8 Å². The van der Waals surface area contributed by atoms with E-state index in [4.69, 9.17) is 4.42 Å². The minimum Gasteiger partial charge on any atom is -0.440 e. The van der Waals surface area contributed by atoms with E-state index in [0.29, 0.717) is 0 Å². The first-order valence-electron chi connectivity index (χ1n) is 9.89. The second-order valence-electron chi connectivity index (χ2n) is 7.64. The molecular weight excluding hydrogens is 444 g/mol. The van der Waals surface area contributed by atoms with Gasteiger partial charge in [-0.3, -0.25) is 4.79 Å². The highest BCUT2D eigenvalue weighted by atomic mass is 79.9. The van der Waals surface area contributed by atoms with Gasteiger partial charge in [0.15, 0.2) is 11.5 Å². The zero-order chi connectivity index (χ0) is 20.8. The largest absolute Gasteiger partial charge is 0.440 e.